The number of ether oxygens (including phenoxy) is 4. The molecule has 0 radical (unpaired) electrons. The number of carbonyl (C=O) groups is 4. The summed E-state index contributed by atoms with van der Waals surface area (Å²) in [6, 6.07) is 0. The minimum Gasteiger partial charge on any atom is -0.460 e. The highest BCUT2D eigenvalue weighted by Gasteiger charge is 2.21. The average Bonchev–Trinajstić information content (AvgIpc) is 2.68. The van der Waals surface area contributed by atoms with Crippen LogP contribution >= 0.6 is 0 Å². The van der Waals surface area contributed by atoms with E-state index in [-0.39, 0.29) is 18.8 Å². The van der Waals surface area contributed by atoms with Crippen molar-refractivity contribution < 1.29 is 38.1 Å². The molecule has 0 N–H and O–H groups in total. The van der Waals surface area contributed by atoms with Crippen LogP contribution in [0.4, 0.5) is 0 Å². The van der Waals surface area contributed by atoms with Gasteiger partial charge in [-0.1, -0.05) is 6.42 Å². The molecule has 1 rings (SSSR count). The number of likely N-dealkylation sites (tertiary alicyclic amines) is 1. The van der Waals surface area contributed by atoms with Gasteiger partial charge in [-0.2, -0.15) is 0 Å². The van der Waals surface area contributed by atoms with E-state index in [0.29, 0.717) is 6.54 Å². The van der Waals surface area contributed by atoms with Gasteiger partial charge >= 0.3 is 23.9 Å². The molecule has 9 nitrogen and oxygen atoms in total. The number of piperidine rings is 1. The highest BCUT2D eigenvalue weighted by molar-refractivity contribution is 5.92. The van der Waals surface area contributed by atoms with Crippen LogP contribution in [0.15, 0.2) is 24.3 Å². The number of hydrogen-bond acceptors (Lipinski definition) is 9. The maximum Gasteiger partial charge on any atom is 0.331 e. The van der Waals surface area contributed by atoms with Gasteiger partial charge in [0.1, 0.15) is 12.7 Å². The summed E-state index contributed by atoms with van der Waals surface area (Å²) in [5, 5.41) is 0. The third-order valence-corrected chi connectivity index (χ3v) is 4.02. The van der Waals surface area contributed by atoms with Gasteiger partial charge in [-0.3, -0.25) is 4.90 Å². The van der Waals surface area contributed by atoms with E-state index in [2.05, 4.69) is 4.90 Å². The predicted molar refractivity (Wildman–Crippen MR) is 112 cm³/mol. The zero-order chi connectivity index (χ0) is 23.2. The Morgan fingerprint density at radius 3 is 1.65 bits per heavy atom. The summed E-state index contributed by atoms with van der Waals surface area (Å²) < 4.78 is 20.3. The van der Waals surface area contributed by atoms with Crippen LogP contribution < -0.4 is 0 Å². The molecule has 0 aliphatic carbocycles. The van der Waals surface area contributed by atoms with Gasteiger partial charge in [-0.15, -0.1) is 0 Å². The van der Waals surface area contributed by atoms with Gasteiger partial charge < -0.3 is 18.9 Å². The lowest BCUT2D eigenvalue weighted by atomic mass is 10.1. The minimum absolute atomic E-state index is 0.186. The maximum atomic E-state index is 12.1. The Labute approximate surface area is 183 Å². The molecule has 1 saturated heterocycles. The first kappa shape index (κ1) is 26.4. The second-order valence-electron chi connectivity index (χ2n) is 7.69. The Hall–Kier alpha value is -2.68. The van der Waals surface area contributed by atoms with E-state index in [4.69, 9.17) is 18.9 Å². The minimum atomic E-state index is -0.753. The molecular weight excluding hydrogens is 406 g/mol. The van der Waals surface area contributed by atoms with E-state index >= 15 is 0 Å². The van der Waals surface area contributed by atoms with Gasteiger partial charge in [0.05, 0.1) is 12.2 Å². The smallest absolute Gasteiger partial charge is 0.331 e. The van der Waals surface area contributed by atoms with E-state index in [0.717, 1.165) is 56.7 Å². The van der Waals surface area contributed by atoms with Crippen molar-refractivity contribution in [2.24, 2.45) is 0 Å². The first-order valence-corrected chi connectivity index (χ1v) is 10.5. The summed E-state index contributed by atoms with van der Waals surface area (Å²) in [6.45, 7) is 8.71. The Bertz CT molecular complexity index is 662. The van der Waals surface area contributed by atoms with Crippen molar-refractivity contribution in [2.45, 2.75) is 65.3 Å². The van der Waals surface area contributed by atoms with Crippen molar-refractivity contribution in [3.63, 3.8) is 0 Å². The molecule has 0 saturated carbocycles. The average molecular weight is 440 g/mol. The molecule has 0 spiro atoms. The Kier molecular flexibility index (Phi) is 12.2. The molecule has 1 unspecified atom stereocenters. The van der Waals surface area contributed by atoms with Gasteiger partial charge in [0, 0.05) is 30.8 Å². The topological polar surface area (TPSA) is 108 Å². The molecule has 31 heavy (non-hydrogen) atoms. The SMILES string of the molecule is CC(C)OC(=O)/C=C/C(=O)OCC(CN1CCCCC1)OC(=O)/C=C/C(=O)OC(C)C. The first-order chi connectivity index (χ1) is 14.7. The van der Waals surface area contributed by atoms with Crippen molar-refractivity contribution in [1.82, 2.24) is 4.90 Å². The van der Waals surface area contributed by atoms with Crippen LogP contribution in [0.1, 0.15) is 47.0 Å². The van der Waals surface area contributed by atoms with Crippen LogP contribution in [-0.2, 0) is 38.1 Å². The second-order valence-corrected chi connectivity index (χ2v) is 7.69. The van der Waals surface area contributed by atoms with Crippen LogP contribution in [0.3, 0.4) is 0 Å². The summed E-state index contributed by atoms with van der Waals surface area (Å²) >= 11 is 0. The maximum absolute atomic E-state index is 12.1. The number of esters is 4. The number of nitrogens with zero attached hydrogens (tertiary/aromatic N) is 1. The highest BCUT2D eigenvalue weighted by atomic mass is 16.6. The summed E-state index contributed by atoms with van der Waals surface area (Å²) in [6.07, 6.45) is 5.84. The Balaban J connectivity index is 2.62. The normalized spacial score (nSPS) is 15.9. The molecule has 1 aliphatic rings. The fraction of sp³-hybridized carbons (Fsp3) is 0.636. The number of carbonyl (C=O) groups excluding carboxylic acids is 4. The summed E-state index contributed by atoms with van der Waals surface area (Å²) in [5.41, 5.74) is 0. The van der Waals surface area contributed by atoms with Crippen LogP contribution in [0.25, 0.3) is 0 Å². The monoisotopic (exact) mass is 439 g/mol. The third-order valence-electron chi connectivity index (χ3n) is 4.02. The molecular formula is C22H33NO8. The zero-order valence-corrected chi connectivity index (χ0v) is 18.7. The van der Waals surface area contributed by atoms with Crippen LogP contribution in [0.5, 0.6) is 0 Å². The molecule has 1 fully saturated rings. The summed E-state index contributed by atoms with van der Waals surface area (Å²) in [7, 11) is 0. The van der Waals surface area contributed by atoms with E-state index in [1.54, 1.807) is 27.7 Å². The van der Waals surface area contributed by atoms with Crippen molar-refractivity contribution in [1.29, 1.82) is 0 Å². The molecule has 0 aromatic rings. The lowest BCUT2D eigenvalue weighted by Crippen LogP contribution is -2.40. The molecule has 9 heteroatoms. The molecule has 174 valence electrons. The standard InChI is InChI=1S/C22H33NO8/c1-16(2)29-20(25)9-8-19(24)28-15-18(14-23-12-6-5-7-13-23)31-22(27)11-10-21(26)30-17(3)4/h8-11,16-18H,5-7,12-15H2,1-4H3/b9-8+,11-10+. The van der Waals surface area contributed by atoms with Gasteiger partial charge in [0.25, 0.3) is 0 Å². The summed E-state index contributed by atoms with van der Waals surface area (Å²) in [4.78, 5) is 49.1. The predicted octanol–water partition coefficient (Wildman–Crippen LogP) is 1.94. The molecule has 1 atom stereocenters. The van der Waals surface area contributed by atoms with E-state index in [1.165, 1.54) is 0 Å². The van der Waals surface area contributed by atoms with Gasteiger partial charge in [-0.05, 0) is 53.6 Å². The van der Waals surface area contributed by atoms with E-state index in [1.807, 2.05) is 0 Å². The van der Waals surface area contributed by atoms with Gasteiger partial charge in [0.15, 0.2) is 0 Å². The van der Waals surface area contributed by atoms with Crippen LogP contribution in [0, 0.1) is 0 Å². The fourth-order valence-corrected chi connectivity index (χ4v) is 2.80. The second kappa shape index (κ2) is 14.3. The van der Waals surface area contributed by atoms with E-state index < -0.39 is 30.0 Å². The molecule has 0 amide bonds. The third kappa shape index (κ3) is 13.3. The molecule has 1 aliphatic heterocycles. The highest BCUT2D eigenvalue weighted by Crippen LogP contribution is 2.11. The lowest BCUT2D eigenvalue weighted by molar-refractivity contribution is -0.154. The van der Waals surface area contributed by atoms with E-state index in [9.17, 15) is 19.2 Å². The van der Waals surface area contributed by atoms with Crippen molar-refractivity contribution in [3.05, 3.63) is 24.3 Å². The van der Waals surface area contributed by atoms with Crippen LogP contribution in [-0.4, -0.2) is 73.3 Å². The van der Waals surface area contributed by atoms with Gasteiger partial charge in [-0.25, -0.2) is 19.2 Å². The molecule has 0 aromatic carbocycles. The molecule has 0 bridgehead atoms. The lowest BCUT2D eigenvalue weighted by Gasteiger charge is -2.29. The zero-order valence-electron chi connectivity index (χ0n) is 18.7. The van der Waals surface area contributed by atoms with Crippen molar-refractivity contribution in [2.75, 3.05) is 26.2 Å². The molecule has 0 aromatic heterocycles. The fourth-order valence-electron chi connectivity index (χ4n) is 2.80. The van der Waals surface area contributed by atoms with Crippen molar-refractivity contribution in [3.8, 4) is 0 Å². The largest absolute Gasteiger partial charge is 0.460 e. The summed E-state index contributed by atoms with van der Waals surface area (Å²) in [5.74, 6) is -2.79. The number of rotatable bonds is 11. The molecule has 1 heterocycles. The first-order valence-electron chi connectivity index (χ1n) is 10.5. The van der Waals surface area contributed by atoms with Crippen molar-refractivity contribution >= 4 is 23.9 Å². The Morgan fingerprint density at radius 1 is 0.710 bits per heavy atom. The Morgan fingerprint density at radius 2 is 1.16 bits per heavy atom. The quantitative estimate of drug-likeness (QED) is 0.271. The van der Waals surface area contributed by atoms with Crippen LogP contribution in [0.2, 0.25) is 0 Å². The number of hydrogen-bond donors (Lipinski definition) is 0. The van der Waals surface area contributed by atoms with Gasteiger partial charge in [0.2, 0.25) is 0 Å².